The highest BCUT2D eigenvalue weighted by molar-refractivity contribution is 5.42. The van der Waals surface area contributed by atoms with Crippen molar-refractivity contribution in [1.82, 2.24) is 5.32 Å². The van der Waals surface area contributed by atoms with Crippen LogP contribution in [0.15, 0.2) is 35.5 Å². The zero-order valence-electron chi connectivity index (χ0n) is 7.49. The van der Waals surface area contributed by atoms with Crippen molar-refractivity contribution < 1.29 is 4.74 Å². The summed E-state index contributed by atoms with van der Waals surface area (Å²) in [5.74, 6) is 0.627. The third kappa shape index (κ3) is 1.10. The molecule has 2 atom stereocenters. The Morgan fingerprint density at radius 1 is 1.38 bits per heavy atom. The van der Waals surface area contributed by atoms with Gasteiger partial charge in [0, 0.05) is 19.0 Å². The fourth-order valence-electron chi connectivity index (χ4n) is 2.32. The lowest BCUT2D eigenvalue weighted by molar-refractivity contribution is 0.0768. The van der Waals surface area contributed by atoms with E-state index in [9.17, 15) is 0 Å². The molecule has 2 unspecified atom stereocenters. The van der Waals surface area contributed by atoms with Crippen LogP contribution in [-0.4, -0.2) is 25.8 Å². The molecule has 1 aliphatic carbocycles. The fourth-order valence-corrected chi connectivity index (χ4v) is 2.32. The van der Waals surface area contributed by atoms with Gasteiger partial charge in [0.05, 0.1) is 6.61 Å². The maximum Gasteiger partial charge on any atom is 0.101 e. The fraction of sp³-hybridized carbons (Fsp3) is 0.455. The highest BCUT2D eigenvalue weighted by Gasteiger charge is 2.31. The summed E-state index contributed by atoms with van der Waals surface area (Å²) < 4.78 is 5.76. The van der Waals surface area contributed by atoms with Gasteiger partial charge in [0.1, 0.15) is 6.10 Å². The molecule has 0 spiro atoms. The summed E-state index contributed by atoms with van der Waals surface area (Å²) in [5, 5.41) is 3.40. The Morgan fingerprint density at radius 3 is 3.38 bits per heavy atom. The summed E-state index contributed by atoms with van der Waals surface area (Å²) in [7, 11) is 0. The lowest BCUT2D eigenvalue weighted by Gasteiger charge is -2.28. The molecule has 0 radical (unpaired) electrons. The number of rotatable bonds is 0. The quantitative estimate of drug-likeness (QED) is 0.593. The van der Waals surface area contributed by atoms with Crippen LogP contribution in [0.5, 0.6) is 0 Å². The molecular weight excluding hydrogens is 162 g/mol. The van der Waals surface area contributed by atoms with Crippen LogP contribution in [-0.2, 0) is 4.74 Å². The second-order valence-electron chi connectivity index (χ2n) is 3.81. The van der Waals surface area contributed by atoms with Crippen LogP contribution in [0.3, 0.4) is 0 Å². The molecule has 2 aliphatic heterocycles. The summed E-state index contributed by atoms with van der Waals surface area (Å²) in [5.41, 5.74) is 2.96. The van der Waals surface area contributed by atoms with Crippen LogP contribution in [0, 0.1) is 5.92 Å². The normalized spacial score (nSPS) is 36.3. The van der Waals surface area contributed by atoms with Crippen molar-refractivity contribution in [3.8, 4) is 0 Å². The summed E-state index contributed by atoms with van der Waals surface area (Å²) in [6, 6.07) is 0. The molecular formula is C11H13NO. The molecule has 0 aromatic heterocycles. The molecule has 0 amide bonds. The molecule has 68 valence electrons. The Morgan fingerprint density at radius 2 is 2.38 bits per heavy atom. The van der Waals surface area contributed by atoms with Crippen molar-refractivity contribution in [3.63, 3.8) is 0 Å². The van der Waals surface area contributed by atoms with E-state index in [0.717, 1.165) is 19.7 Å². The topological polar surface area (TPSA) is 21.3 Å². The average Bonchev–Trinajstić information content (AvgIpc) is 2.65. The minimum Gasteiger partial charge on any atom is -0.369 e. The van der Waals surface area contributed by atoms with Crippen molar-refractivity contribution in [3.05, 3.63) is 35.5 Å². The maximum absolute atomic E-state index is 5.76. The third-order valence-electron chi connectivity index (χ3n) is 3.03. The SMILES string of the molecule is C1=CC2=C3CNCC3COC2C=C1. The van der Waals surface area contributed by atoms with E-state index in [1.54, 1.807) is 5.57 Å². The van der Waals surface area contributed by atoms with Gasteiger partial charge in [0.2, 0.25) is 0 Å². The second-order valence-corrected chi connectivity index (χ2v) is 3.81. The summed E-state index contributed by atoms with van der Waals surface area (Å²) >= 11 is 0. The highest BCUT2D eigenvalue weighted by atomic mass is 16.5. The zero-order valence-corrected chi connectivity index (χ0v) is 7.49. The molecule has 0 aromatic carbocycles. The van der Waals surface area contributed by atoms with E-state index >= 15 is 0 Å². The summed E-state index contributed by atoms with van der Waals surface area (Å²) in [6.45, 7) is 3.02. The van der Waals surface area contributed by atoms with Gasteiger partial charge in [-0.05, 0) is 11.1 Å². The second kappa shape index (κ2) is 2.82. The zero-order chi connectivity index (χ0) is 8.67. The van der Waals surface area contributed by atoms with Crippen molar-refractivity contribution in [1.29, 1.82) is 0 Å². The van der Waals surface area contributed by atoms with Crippen molar-refractivity contribution in [2.75, 3.05) is 19.7 Å². The number of nitrogens with one attached hydrogen (secondary N) is 1. The first kappa shape index (κ1) is 7.54. The van der Waals surface area contributed by atoms with Crippen LogP contribution >= 0.6 is 0 Å². The summed E-state index contributed by atoms with van der Waals surface area (Å²) in [6.07, 6.45) is 8.73. The lowest BCUT2D eigenvalue weighted by atomic mass is 9.90. The molecule has 13 heavy (non-hydrogen) atoms. The summed E-state index contributed by atoms with van der Waals surface area (Å²) in [4.78, 5) is 0. The average molecular weight is 175 g/mol. The van der Waals surface area contributed by atoms with Gasteiger partial charge in [0.25, 0.3) is 0 Å². The van der Waals surface area contributed by atoms with Crippen molar-refractivity contribution in [2.24, 2.45) is 5.92 Å². The van der Waals surface area contributed by atoms with E-state index in [2.05, 4.69) is 29.6 Å². The van der Waals surface area contributed by atoms with Crippen LogP contribution < -0.4 is 5.32 Å². The van der Waals surface area contributed by atoms with Crippen molar-refractivity contribution in [2.45, 2.75) is 6.10 Å². The van der Waals surface area contributed by atoms with E-state index in [0.29, 0.717) is 5.92 Å². The molecule has 1 fully saturated rings. The first-order chi connectivity index (χ1) is 6.45. The van der Waals surface area contributed by atoms with Gasteiger partial charge in [-0.25, -0.2) is 0 Å². The van der Waals surface area contributed by atoms with Crippen molar-refractivity contribution >= 4 is 0 Å². The number of hydrogen-bond acceptors (Lipinski definition) is 2. The molecule has 0 bridgehead atoms. The minimum absolute atomic E-state index is 0.233. The van der Waals surface area contributed by atoms with Crippen LogP contribution in [0.1, 0.15) is 0 Å². The molecule has 2 nitrogen and oxygen atoms in total. The number of hydrogen-bond donors (Lipinski definition) is 1. The van der Waals surface area contributed by atoms with E-state index < -0.39 is 0 Å². The van der Waals surface area contributed by atoms with E-state index in [1.165, 1.54) is 5.57 Å². The van der Waals surface area contributed by atoms with E-state index in [-0.39, 0.29) is 6.10 Å². The standard InChI is InChI=1S/C11H13NO/c1-2-4-11-9(3-1)10-6-12-5-8(10)7-13-11/h1-4,8,11-12H,5-7H2. The molecule has 1 saturated heterocycles. The van der Waals surface area contributed by atoms with Gasteiger partial charge in [-0.2, -0.15) is 0 Å². The Kier molecular flexibility index (Phi) is 1.64. The predicted octanol–water partition coefficient (Wildman–Crippen LogP) is 1.03. The molecule has 0 saturated carbocycles. The van der Waals surface area contributed by atoms with Gasteiger partial charge in [-0.1, -0.05) is 24.3 Å². The van der Waals surface area contributed by atoms with Gasteiger partial charge in [-0.3, -0.25) is 0 Å². The smallest absolute Gasteiger partial charge is 0.101 e. The van der Waals surface area contributed by atoms with E-state index in [1.807, 2.05) is 0 Å². The number of allylic oxidation sites excluding steroid dienone is 2. The molecule has 2 heterocycles. The van der Waals surface area contributed by atoms with Gasteiger partial charge in [0.15, 0.2) is 0 Å². The third-order valence-corrected chi connectivity index (χ3v) is 3.03. The molecule has 0 aromatic rings. The largest absolute Gasteiger partial charge is 0.369 e. The Bertz CT molecular complexity index is 314. The Labute approximate surface area is 78.0 Å². The van der Waals surface area contributed by atoms with Crippen LogP contribution in [0.25, 0.3) is 0 Å². The Balaban J connectivity index is 2.05. The molecule has 3 rings (SSSR count). The maximum atomic E-state index is 5.76. The van der Waals surface area contributed by atoms with Crippen LogP contribution in [0.4, 0.5) is 0 Å². The predicted molar refractivity (Wildman–Crippen MR) is 51.4 cm³/mol. The first-order valence-electron chi connectivity index (χ1n) is 4.85. The monoisotopic (exact) mass is 175 g/mol. The van der Waals surface area contributed by atoms with E-state index in [4.69, 9.17) is 4.74 Å². The highest BCUT2D eigenvalue weighted by Crippen LogP contribution is 2.31. The first-order valence-corrected chi connectivity index (χ1v) is 4.85. The molecule has 1 N–H and O–H groups in total. The lowest BCUT2D eigenvalue weighted by Crippen LogP contribution is -2.28. The molecule has 3 aliphatic rings. The molecule has 2 heteroatoms. The van der Waals surface area contributed by atoms with Gasteiger partial charge >= 0.3 is 0 Å². The van der Waals surface area contributed by atoms with Crippen LogP contribution in [0.2, 0.25) is 0 Å². The van der Waals surface area contributed by atoms with Gasteiger partial charge in [-0.15, -0.1) is 0 Å². The van der Waals surface area contributed by atoms with Gasteiger partial charge < -0.3 is 10.1 Å². The number of ether oxygens (including phenoxy) is 1. The minimum atomic E-state index is 0.233. The number of fused-ring (bicyclic) bond motifs is 2. The Hall–Kier alpha value is -0.860.